The summed E-state index contributed by atoms with van der Waals surface area (Å²) in [4.78, 5) is 0. The monoisotopic (exact) mass is 260 g/mol. The summed E-state index contributed by atoms with van der Waals surface area (Å²) in [7, 11) is 0. The summed E-state index contributed by atoms with van der Waals surface area (Å²) in [6, 6.07) is 5.52. The lowest BCUT2D eigenvalue weighted by Crippen LogP contribution is -1.77. The van der Waals surface area contributed by atoms with Gasteiger partial charge in [0.05, 0.1) is 5.75 Å². The Morgan fingerprint density at radius 1 is 1.50 bits per heavy atom. The molecule has 3 heteroatoms. The topological polar surface area (TPSA) is 0 Å². The van der Waals surface area contributed by atoms with Crippen molar-refractivity contribution in [2.45, 2.75) is 0 Å². The maximum Gasteiger partial charge on any atom is 0.0521 e. The highest BCUT2D eigenvalue weighted by atomic mass is 79.9. The van der Waals surface area contributed by atoms with Crippen LogP contribution in [0.5, 0.6) is 0 Å². The fourth-order valence-electron chi connectivity index (χ4n) is 0.728. The van der Waals surface area contributed by atoms with Gasteiger partial charge in [0.2, 0.25) is 0 Å². The van der Waals surface area contributed by atoms with E-state index in [4.69, 9.17) is 11.6 Å². The van der Waals surface area contributed by atoms with E-state index in [-0.39, 0.29) is 0 Å². The van der Waals surface area contributed by atoms with Crippen molar-refractivity contribution in [2.24, 2.45) is 0 Å². The van der Waals surface area contributed by atoms with E-state index in [1.807, 2.05) is 18.2 Å². The van der Waals surface area contributed by atoms with Gasteiger partial charge < -0.3 is 0 Å². The second-order valence-corrected chi connectivity index (χ2v) is 3.69. The van der Waals surface area contributed by atoms with Gasteiger partial charge in [-0.15, -0.1) is 0 Å². The molecule has 0 bridgehead atoms. The Kier molecular flexibility index (Phi) is 4.00. The van der Waals surface area contributed by atoms with Gasteiger partial charge in [0, 0.05) is 15.1 Å². The molecule has 12 heavy (non-hydrogen) atoms. The Hall–Kier alpha value is -0.100. The minimum absolute atomic E-state index is 0.555. The maximum atomic E-state index is 5.79. The third-order valence-corrected chi connectivity index (χ3v) is 2.32. The van der Waals surface area contributed by atoms with Crippen LogP contribution in [-0.4, -0.2) is 5.75 Å². The lowest BCUT2D eigenvalue weighted by atomic mass is 10.2. The second-order valence-electron chi connectivity index (χ2n) is 2.08. The van der Waals surface area contributed by atoms with Crippen LogP contribution in [0.4, 0.5) is 0 Å². The molecule has 0 nitrogen and oxygen atoms in total. The van der Waals surface area contributed by atoms with E-state index < -0.39 is 0 Å². The summed E-state index contributed by atoms with van der Waals surface area (Å²) >= 11 is 13.2. The van der Waals surface area contributed by atoms with Crippen molar-refractivity contribution in [3.63, 3.8) is 0 Å². The molecule has 0 saturated carbocycles. The van der Waals surface area contributed by atoms with E-state index in [9.17, 15) is 0 Å². The molecule has 0 spiro atoms. The van der Waals surface area contributed by atoms with Crippen LogP contribution >= 0.6 is 40.2 Å². The van der Waals surface area contributed by atoms with Gasteiger partial charge in [-0.25, -0.2) is 0 Å². The number of hydrogen-bond acceptors (Lipinski definition) is 1. The molecule has 0 N–H and O–H groups in total. The molecule has 0 amide bonds. The van der Waals surface area contributed by atoms with Crippen LogP contribution in [0.25, 0.3) is 0 Å². The molecule has 62 valence electrons. The molecule has 0 radical (unpaired) electrons. The van der Waals surface area contributed by atoms with Gasteiger partial charge in [-0.05, 0) is 34.1 Å². The molecule has 0 aliphatic rings. The number of thiol groups is 1. The van der Waals surface area contributed by atoms with E-state index in [0.29, 0.717) is 10.8 Å². The molecule has 1 rings (SSSR count). The zero-order valence-electron chi connectivity index (χ0n) is 6.14. The van der Waals surface area contributed by atoms with Crippen LogP contribution in [0.1, 0.15) is 5.56 Å². The SMILES string of the molecule is SCC#Cc1cc(Cl)ccc1Br. The maximum absolute atomic E-state index is 5.79. The number of rotatable bonds is 0. The van der Waals surface area contributed by atoms with E-state index in [1.54, 1.807) is 0 Å². The first kappa shape index (κ1) is 9.98. The minimum atomic E-state index is 0.555. The summed E-state index contributed by atoms with van der Waals surface area (Å²) in [5, 5.41) is 0.696. The Labute approximate surface area is 90.9 Å². The second kappa shape index (κ2) is 4.81. The van der Waals surface area contributed by atoms with E-state index in [0.717, 1.165) is 10.0 Å². The highest BCUT2D eigenvalue weighted by Gasteiger charge is 1.95. The van der Waals surface area contributed by atoms with Crippen LogP contribution in [0, 0.1) is 11.8 Å². The summed E-state index contributed by atoms with van der Waals surface area (Å²) in [5.74, 6) is 6.36. The average molecular weight is 262 g/mol. The van der Waals surface area contributed by atoms with Gasteiger partial charge in [-0.1, -0.05) is 23.4 Å². The predicted molar refractivity (Wildman–Crippen MR) is 59.9 cm³/mol. The van der Waals surface area contributed by atoms with Crippen molar-refractivity contribution < 1.29 is 0 Å². The van der Waals surface area contributed by atoms with Gasteiger partial charge in [0.25, 0.3) is 0 Å². The third-order valence-electron chi connectivity index (χ3n) is 1.23. The van der Waals surface area contributed by atoms with Gasteiger partial charge in [-0.2, -0.15) is 12.6 Å². The minimum Gasteiger partial charge on any atom is -0.166 e. The molecule has 0 fully saturated rings. The fourth-order valence-corrected chi connectivity index (χ4v) is 1.32. The molecule has 0 saturated heterocycles. The Morgan fingerprint density at radius 2 is 2.25 bits per heavy atom. The van der Waals surface area contributed by atoms with Crippen molar-refractivity contribution in [2.75, 3.05) is 5.75 Å². The van der Waals surface area contributed by atoms with Gasteiger partial charge >= 0.3 is 0 Å². The highest BCUT2D eigenvalue weighted by Crippen LogP contribution is 2.19. The zero-order chi connectivity index (χ0) is 8.97. The van der Waals surface area contributed by atoms with Crippen LogP contribution in [-0.2, 0) is 0 Å². The van der Waals surface area contributed by atoms with Crippen molar-refractivity contribution in [1.82, 2.24) is 0 Å². The van der Waals surface area contributed by atoms with E-state index in [2.05, 4.69) is 40.4 Å². The molecule has 0 aromatic heterocycles. The number of benzene rings is 1. The van der Waals surface area contributed by atoms with Gasteiger partial charge in [-0.3, -0.25) is 0 Å². The largest absolute Gasteiger partial charge is 0.166 e. The molecule has 1 aromatic rings. The lowest BCUT2D eigenvalue weighted by molar-refractivity contribution is 1.59. The van der Waals surface area contributed by atoms with Crippen molar-refractivity contribution in [1.29, 1.82) is 0 Å². The molecule has 0 aliphatic heterocycles. The number of halogens is 2. The van der Waals surface area contributed by atoms with Crippen LogP contribution < -0.4 is 0 Å². The van der Waals surface area contributed by atoms with Gasteiger partial charge in [0.1, 0.15) is 0 Å². The van der Waals surface area contributed by atoms with Crippen LogP contribution in [0.3, 0.4) is 0 Å². The lowest BCUT2D eigenvalue weighted by Gasteiger charge is -1.95. The van der Waals surface area contributed by atoms with E-state index in [1.165, 1.54) is 0 Å². The molecule has 1 aromatic carbocycles. The van der Waals surface area contributed by atoms with Crippen molar-refractivity contribution >= 4 is 40.2 Å². The summed E-state index contributed by atoms with van der Waals surface area (Å²) in [6.45, 7) is 0. The first-order valence-corrected chi connectivity index (χ1v) is 5.09. The normalized spacial score (nSPS) is 8.92. The standard InChI is InChI=1S/C9H6BrClS/c10-9-4-3-8(11)6-7(9)2-1-5-12/h3-4,6,12H,5H2. The van der Waals surface area contributed by atoms with Crippen LogP contribution in [0.15, 0.2) is 22.7 Å². The summed E-state index contributed by atoms with van der Waals surface area (Å²) in [5.41, 5.74) is 0.900. The molecular formula is C9H6BrClS. The van der Waals surface area contributed by atoms with Crippen molar-refractivity contribution in [3.8, 4) is 11.8 Å². The van der Waals surface area contributed by atoms with E-state index >= 15 is 0 Å². The predicted octanol–water partition coefficient (Wildman–Crippen LogP) is 3.38. The fraction of sp³-hybridized carbons (Fsp3) is 0.111. The Balaban J connectivity index is 3.05. The number of hydrogen-bond donors (Lipinski definition) is 1. The molecular weight excluding hydrogens is 256 g/mol. The zero-order valence-corrected chi connectivity index (χ0v) is 9.38. The first-order valence-electron chi connectivity index (χ1n) is 3.29. The average Bonchev–Trinajstić information content (AvgIpc) is 2.07. The molecule has 0 unspecified atom stereocenters. The molecule has 0 aliphatic carbocycles. The Bertz CT molecular complexity index is 338. The van der Waals surface area contributed by atoms with Crippen molar-refractivity contribution in [3.05, 3.63) is 33.3 Å². The van der Waals surface area contributed by atoms with Crippen LogP contribution in [0.2, 0.25) is 5.02 Å². The first-order chi connectivity index (χ1) is 5.74. The van der Waals surface area contributed by atoms with Gasteiger partial charge in [0.15, 0.2) is 0 Å². The Morgan fingerprint density at radius 3 is 2.92 bits per heavy atom. The summed E-state index contributed by atoms with van der Waals surface area (Å²) < 4.78 is 0.959. The summed E-state index contributed by atoms with van der Waals surface area (Å²) in [6.07, 6.45) is 0. The molecule has 0 atom stereocenters. The molecule has 0 heterocycles. The third kappa shape index (κ3) is 2.75. The highest BCUT2D eigenvalue weighted by molar-refractivity contribution is 9.10. The quantitative estimate of drug-likeness (QED) is 0.537. The smallest absolute Gasteiger partial charge is 0.0521 e.